The first kappa shape index (κ1) is 27.4. The molecule has 2 aromatic rings. The van der Waals surface area contributed by atoms with Crippen LogP contribution in [0.15, 0.2) is 18.2 Å². The number of nitrogens with one attached hydrogen (secondary N) is 1. The first-order valence-electron chi connectivity index (χ1n) is 12.3. The van der Waals surface area contributed by atoms with E-state index in [9.17, 15) is 18.0 Å². The number of aromatic nitrogens is 2. The van der Waals surface area contributed by atoms with Crippen molar-refractivity contribution in [2.45, 2.75) is 72.0 Å². The number of ether oxygens (including phenoxy) is 1. The van der Waals surface area contributed by atoms with Crippen molar-refractivity contribution < 1.29 is 22.7 Å². The molecule has 0 unspecified atom stereocenters. The van der Waals surface area contributed by atoms with Gasteiger partial charge in [0.25, 0.3) is 5.91 Å². The summed E-state index contributed by atoms with van der Waals surface area (Å²) in [6.45, 7) is 6.52. The number of carbonyl (C=O) groups is 1. The van der Waals surface area contributed by atoms with Crippen molar-refractivity contribution in [3.05, 3.63) is 34.5 Å². The second-order valence-electron chi connectivity index (χ2n) is 9.75. The largest absolute Gasteiger partial charge is 0.496 e. The van der Waals surface area contributed by atoms with Crippen LogP contribution in [0, 0.1) is 17.8 Å². The SMILES string of the molecule is CCCn1nc(C(=O)NCC2CCC(C)CC2)c(Cl)c1-c1ccc(C[C@@H](C)C(F)(F)F)cc1OC. The molecule has 0 saturated heterocycles. The highest BCUT2D eigenvalue weighted by Crippen LogP contribution is 2.39. The number of carbonyl (C=O) groups excluding carboxylic acids is 1. The van der Waals surface area contributed by atoms with E-state index in [2.05, 4.69) is 17.3 Å². The molecule has 1 fully saturated rings. The zero-order valence-electron chi connectivity index (χ0n) is 20.8. The zero-order chi connectivity index (χ0) is 25.8. The molecule has 0 bridgehead atoms. The number of hydrogen-bond donors (Lipinski definition) is 1. The Bertz CT molecular complexity index is 1010. The van der Waals surface area contributed by atoms with Gasteiger partial charge in [0.15, 0.2) is 5.69 Å². The lowest BCUT2D eigenvalue weighted by atomic mass is 9.83. The fourth-order valence-electron chi connectivity index (χ4n) is 4.60. The topological polar surface area (TPSA) is 56.2 Å². The molecule has 0 radical (unpaired) electrons. The molecule has 1 atom stereocenters. The molecule has 1 aliphatic carbocycles. The van der Waals surface area contributed by atoms with Gasteiger partial charge in [-0.2, -0.15) is 18.3 Å². The van der Waals surface area contributed by atoms with Crippen LogP contribution in [0.25, 0.3) is 11.3 Å². The number of nitrogens with zero attached hydrogens (tertiary/aromatic N) is 2. The lowest BCUT2D eigenvalue weighted by Crippen LogP contribution is -2.31. The number of benzene rings is 1. The minimum Gasteiger partial charge on any atom is -0.496 e. The average molecular weight is 514 g/mol. The number of alkyl halides is 3. The van der Waals surface area contributed by atoms with E-state index in [0.29, 0.717) is 41.6 Å². The van der Waals surface area contributed by atoms with E-state index in [-0.39, 0.29) is 23.0 Å². The van der Waals surface area contributed by atoms with Crippen molar-refractivity contribution in [2.24, 2.45) is 17.8 Å². The van der Waals surface area contributed by atoms with Crippen LogP contribution in [0.5, 0.6) is 5.75 Å². The van der Waals surface area contributed by atoms with Gasteiger partial charge in [-0.15, -0.1) is 0 Å². The number of rotatable bonds is 9. The number of methoxy groups -OCH3 is 1. The number of hydrogen-bond acceptors (Lipinski definition) is 3. The quantitative estimate of drug-likeness (QED) is 0.396. The van der Waals surface area contributed by atoms with Crippen LogP contribution in [0.3, 0.4) is 0 Å². The Hall–Kier alpha value is -2.22. The van der Waals surface area contributed by atoms with Gasteiger partial charge in [0.05, 0.1) is 23.7 Å². The van der Waals surface area contributed by atoms with E-state index in [1.165, 1.54) is 20.0 Å². The van der Waals surface area contributed by atoms with Gasteiger partial charge in [0, 0.05) is 18.7 Å². The van der Waals surface area contributed by atoms with Crippen LogP contribution in [-0.2, 0) is 13.0 Å². The van der Waals surface area contributed by atoms with Crippen molar-refractivity contribution in [2.75, 3.05) is 13.7 Å². The average Bonchev–Trinajstić information content (AvgIpc) is 3.13. The molecule has 9 heteroatoms. The van der Waals surface area contributed by atoms with E-state index in [1.54, 1.807) is 22.9 Å². The van der Waals surface area contributed by atoms with Crippen LogP contribution >= 0.6 is 11.6 Å². The van der Waals surface area contributed by atoms with Gasteiger partial charge >= 0.3 is 6.18 Å². The molecule has 1 aromatic heterocycles. The minimum atomic E-state index is -4.27. The fourth-order valence-corrected chi connectivity index (χ4v) is 4.92. The summed E-state index contributed by atoms with van der Waals surface area (Å²) in [5.74, 6) is -0.215. The Morgan fingerprint density at radius 3 is 2.57 bits per heavy atom. The highest BCUT2D eigenvalue weighted by molar-refractivity contribution is 6.36. The molecular formula is C26H35ClF3N3O2. The molecular weight excluding hydrogens is 479 g/mol. The van der Waals surface area contributed by atoms with E-state index in [4.69, 9.17) is 16.3 Å². The Labute approximate surface area is 210 Å². The highest BCUT2D eigenvalue weighted by Gasteiger charge is 2.36. The van der Waals surface area contributed by atoms with Crippen LogP contribution in [-0.4, -0.2) is 35.5 Å². The van der Waals surface area contributed by atoms with Crippen molar-refractivity contribution in [1.29, 1.82) is 0 Å². The monoisotopic (exact) mass is 513 g/mol. The summed E-state index contributed by atoms with van der Waals surface area (Å²) in [4.78, 5) is 13.0. The van der Waals surface area contributed by atoms with Gasteiger partial charge in [-0.05, 0) is 55.2 Å². The first-order valence-corrected chi connectivity index (χ1v) is 12.7. The second-order valence-corrected chi connectivity index (χ2v) is 10.1. The predicted octanol–water partition coefficient (Wildman–Crippen LogP) is 6.92. The summed E-state index contributed by atoms with van der Waals surface area (Å²) >= 11 is 6.70. The van der Waals surface area contributed by atoms with Gasteiger partial charge in [0.1, 0.15) is 5.75 Å². The van der Waals surface area contributed by atoms with Crippen molar-refractivity contribution in [1.82, 2.24) is 15.1 Å². The molecule has 1 heterocycles. The molecule has 1 aliphatic rings. The number of aryl methyl sites for hydroxylation is 1. The van der Waals surface area contributed by atoms with Crippen molar-refractivity contribution in [3.8, 4) is 17.0 Å². The summed E-state index contributed by atoms with van der Waals surface area (Å²) in [5, 5.41) is 7.70. The lowest BCUT2D eigenvalue weighted by molar-refractivity contribution is -0.169. The first-order chi connectivity index (χ1) is 16.5. The Morgan fingerprint density at radius 1 is 1.29 bits per heavy atom. The predicted molar refractivity (Wildman–Crippen MR) is 132 cm³/mol. The molecule has 1 amide bonds. The van der Waals surface area contributed by atoms with E-state index >= 15 is 0 Å². The molecule has 1 N–H and O–H groups in total. The Morgan fingerprint density at radius 2 is 1.97 bits per heavy atom. The summed E-state index contributed by atoms with van der Waals surface area (Å²) in [7, 11) is 1.46. The van der Waals surface area contributed by atoms with E-state index < -0.39 is 12.1 Å². The van der Waals surface area contributed by atoms with Gasteiger partial charge in [0.2, 0.25) is 0 Å². The molecule has 1 saturated carbocycles. The summed E-state index contributed by atoms with van der Waals surface area (Å²) in [6.07, 6.45) is 0.878. The molecule has 3 rings (SSSR count). The molecule has 1 aromatic carbocycles. The zero-order valence-corrected chi connectivity index (χ0v) is 21.6. The molecule has 194 valence electrons. The van der Waals surface area contributed by atoms with Gasteiger partial charge in [-0.3, -0.25) is 9.48 Å². The Kier molecular flexibility index (Phi) is 9.13. The molecule has 0 aliphatic heterocycles. The van der Waals surface area contributed by atoms with Crippen LogP contribution in [0.4, 0.5) is 13.2 Å². The number of halogens is 4. The maximum Gasteiger partial charge on any atom is 0.391 e. The van der Waals surface area contributed by atoms with Crippen molar-refractivity contribution in [3.63, 3.8) is 0 Å². The standard InChI is InChI=1S/C26H35ClF3N3O2/c1-5-12-33-24(20-11-10-19(14-21(20)35-4)13-17(3)26(28,29)30)22(27)23(32-33)25(34)31-15-18-8-6-16(2)7-9-18/h10-11,14,16-18H,5-9,12-13,15H2,1-4H3,(H,31,34)/t16?,17-,18?/m1/s1. The summed E-state index contributed by atoms with van der Waals surface area (Å²) in [5.41, 5.74) is 1.77. The van der Waals surface area contributed by atoms with Crippen LogP contribution in [0.1, 0.15) is 68.9 Å². The molecule has 0 spiro atoms. The smallest absolute Gasteiger partial charge is 0.391 e. The van der Waals surface area contributed by atoms with E-state index in [0.717, 1.165) is 32.1 Å². The third-order valence-electron chi connectivity index (χ3n) is 6.85. The van der Waals surface area contributed by atoms with Gasteiger partial charge in [-0.1, -0.05) is 51.3 Å². The van der Waals surface area contributed by atoms with Gasteiger partial charge in [-0.25, -0.2) is 0 Å². The Balaban J connectivity index is 1.86. The van der Waals surface area contributed by atoms with Crippen LogP contribution < -0.4 is 10.1 Å². The highest BCUT2D eigenvalue weighted by atomic mass is 35.5. The minimum absolute atomic E-state index is 0.149. The van der Waals surface area contributed by atoms with E-state index in [1.807, 2.05) is 6.92 Å². The summed E-state index contributed by atoms with van der Waals surface area (Å²) < 4.78 is 46.3. The lowest BCUT2D eigenvalue weighted by Gasteiger charge is -2.26. The maximum absolute atomic E-state index is 13.0. The second kappa shape index (κ2) is 11.7. The maximum atomic E-state index is 13.0. The fraction of sp³-hybridized carbons (Fsp3) is 0.615. The van der Waals surface area contributed by atoms with Gasteiger partial charge < -0.3 is 10.1 Å². The third-order valence-corrected chi connectivity index (χ3v) is 7.21. The normalized spacial score (nSPS) is 19.4. The third kappa shape index (κ3) is 6.72. The van der Waals surface area contributed by atoms with Crippen LogP contribution in [0.2, 0.25) is 5.02 Å². The number of amides is 1. The van der Waals surface area contributed by atoms with Crippen molar-refractivity contribution >= 4 is 17.5 Å². The summed E-state index contributed by atoms with van der Waals surface area (Å²) in [6, 6.07) is 4.93. The molecule has 5 nitrogen and oxygen atoms in total. The molecule has 35 heavy (non-hydrogen) atoms.